The molecule has 40 heavy (non-hydrogen) atoms. The Morgan fingerprint density at radius 3 is 1.95 bits per heavy atom. The number of aliphatic hydroxyl groups excluding tert-OH is 1. The van der Waals surface area contributed by atoms with Gasteiger partial charge in [-0.1, -0.05) is 30.3 Å². The Morgan fingerprint density at radius 2 is 1.38 bits per heavy atom. The van der Waals surface area contributed by atoms with Crippen LogP contribution in [-0.2, 0) is 0 Å². The predicted octanol–water partition coefficient (Wildman–Crippen LogP) is 4.51. The van der Waals surface area contributed by atoms with Gasteiger partial charge in [0.25, 0.3) is 0 Å². The third-order valence-electron chi connectivity index (χ3n) is 7.73. The van der Waals surface area contributed by atoms with E-state index < -0.39 is 6.10 Å². The van der Waals surface area contributed by atoms with Gasteiger partial charge < -0.3 is 19.6 Å². The SMILES string of the molecule is CN(C)c1ccc(C(c2ccc(N(C)C)cc2)N2CCN(CC(O)COc3cccc4ncccc34)CC2)cc1. The molecule has 7 nitrogen and oxygen atoms in total. The summed E-state index contributed by atoms with van der Waals surface area (Å²) < 4.78 is 6.02. The minimum absolute atomic E-state index is 0.183. The molecule has 0 bridgehead atoms. The summed E-state index contributed by atoms with van der Waals surface area (Å²) in [5.41, 5.74) is 5.90. The molecule has 0 radical (unpaired) electrons. The molecule has 0 spiro atoms. The van der Waals surface area contributed by atoms with Crippen LogP contribution in [0.3, 0.4) is 0 Å². The number of hydrogen-bond donors (Lipinski definition) is 1. The first kappa shape index (κ1) is 27.9. The highest BCUT2D eigenvalue weighted by Gasteiger charge is 2.27. The van der Waals surface area contributed by atoms with E-state index in [-0.39, 0.29) is 12.6 Å². The zero-order valence-electron chi connectivity index (χ0n) is 24.1. The lowest BCUT2D eigenvalue weighted by Crippen LogP contribution is -2.50. The third kappa shape index (κ3) is 6.55. The Morgan fingerprint density at radius 1 is 0.775 bits per heavy atom. The average molecular weight is 540 g/mol. The molecule has 3 aromatic carbocycles. The molecule has 1 aliphatic rings. The van der Waals surface area contributed by atoms with Gasteiger partial charge in [-0.3, -0.25) is 14.8 Å². The number of nitrogens with zero attached hydrogens (tertiary/aromatic N) is 5. The van der Waals surface area contributed by atoms with Crippen molar-refractivity contribution in [3.05, 3.63) is 96.2 Å². The molecule has 2 heterocycles. The van der Waals surface area contributed by atoms with Crippen molar-refractivity contribution in [2.24, 2.45) is 0 Å². The molecule has 1 N–H and O–H groups in total. The van der Waals surface area contributed by atoms with Gasteiger partial charge in [0.15, 0.2) is 0 Å². The quantitative estimate of drug-likeness (QED) is 0.318. The Kier molecular flexibility index (Phi) is 8.85. The summed E-state index contributed by atoms with van der Waals surface area (Å²) >= 11 is 0. The van der Waals surface area contributed by atoms with Crippen molar-refractivity contribution in [2.45, 2.75) is 12.1 Å². The molecule has 1 saturated heterocycles. The van der Waals surface area contributed by atoms with E-state index >= 15 is 0 Å². The van der Waals surface area contributed by atoms with Gasteiger partial charge in [0.05, 0.1) is 11.6 Å². The van der Waals surface area contributed by atoms with Crippen LogP contribution in [0.2, 0.25) is 0 Å². The summed E-state index contributed by atoms with van der Waals surface area (Å²) in [5.74, 6) is 0.762. The topological polar surface area (TPSA) is 55.3 Å². The van der Waals surface area contributed by atoms with Crippen LogP contribution in [0.25, 0.3) is 10.9 Å². The summed E-state index contributed by atoms with van der Waals surface area (Å²) in [6, 6.07) is 27.8. The van der Waals surface area contributed by atoms with Crippen LogP contribution in [0.5, 0.6) is 5.75 Å². The minimum Gasteiger partial charge on any atom is -0.490 e. The van der Waals surface area contributed by atoms with Gasteiger partial charge in [-0.15, -0.1) is 0 Å². The molecule has 0 aliphatic carbocycles. The monoisotopic (exact) mass is 539 g/mol. The first-order valence-electron chi connectivity index (χ1n) is 14.0. The van der Waals surface area contributed by atoms with Gasteiger partial charge in [-0.25, -0.2) is 0 Å². The third-order valence-corrected chi connectivity index (χ3v) is 7.73. The van der Waals surface area contributed by atoms with Crippen molar-refractivity contribution < 1.29 is 9.84 Å². The van der Waals surface area contributed by atoms with Gasteiger partial charge in [0.1, 0.15) is 18.5 Å². The van der Waals surface area contributed by atoms with Gasteiger partial charge in [-0.2, -0.15) is 0 Å². The molecule has 4 aromatic rings. The number of benzene rings is 3. The van der Waals surface area contributed by atoms with Crippen LogP contribution in [0.4, 0.5) is 11.4 Å². The Balaban J connectivity index is 1.22. The van der Waals surface area contributed by atoms with E-state index in [1.54, 1.807) is 6.20 Å². The number of β-amino-alcohol motifs (C(OH)–C–C–N with tert-alkyl or cyclic N) is 1. The van der Waals surface area contributed by atoms with Crippen LogP contribution in [0, 0.1) is 0 Å². The van der Waals surface area contributed by atoms with Gasteiger partial charge in [0, 0.05) is 83.9 Å². The van der Waals surface area contributed by atoms with Crippen LogP contribution in [0.1, 0.15) is 17.2 Å². The Hall–Kier alpha value is -3.65. The van der Waals surface area contributed by atoms with E-state index in [9.17, 15) is 5.11 Å². The highest BCUT2D eigenvalue weighted by molar-refractivity contribution is 5.84. The van der Waals surface area contributed by atoms with E-state index in [0.29, 0.717) is 6.54 Å². The molecule has 1 fully saturated rings. The number of anilines is 2. The van der Waals surface area contributed by atoms with Crippen LogP contribution >= 0.6 is 0 Å². The van der Waals surface area contributed by atoms with Crippen molar-refractivity contribution in [3.63, 3.8) is 0 Å². The fourth-order valence-corrected chi connectivity index (χ4v) is 5.47. The number of piperazine rings is 1. The lowest BCUT2D eigenvalue weighted by Gasteiger charge is -2.40. The molecular weight excluding hydrogens is 498 g/mol. The minimum atomic E-state index is -0.563. The summed E-state index contributed by atoms with van der Waals surface area (Å²) in [7, 11) is 8.30. The van der Waals surface area contributed by atoms with E-state index in [4.69, 9.17) is 4.74 Å². The second-order valence-electron chi connectivity index (χ2n) is 11.0. The summed E-state index contributed by atoms with van der Waals surface area (Å²) in [6.07, 6.45) is 1.22. The maximum Gasteiger partial charge on any atom is 0.128 e. The van der Waals surface area contributed by atoms with Crippen molar-refractivity contribution in [1.82, 2.24) is 14.8 Å². The fraction of sp³-hybridized carbons (Fsp3) is 0.364. The average Bonchev–Trinajstić information content (AvgIpc) is 2.97. The number of ether oxygens (including phenoxy) is 1. The summed E-state index contributed by atoms with van der Waals surface area (Å²) in [5, 5.41) is 11.8. The molecule has 1 aliphatic heterocycles. The predicted molar refractivity (Wildman–Crippen MR) is 165 cm³/mol. The zero-order chi connectivity index (χ0) is 28.1. The molecule has 7 heteroatoms. The van der Waals surface area contributed by atoms with Crippen molar-refractivity contribution in [3.8, 4) is 5.75 Å². The molecular formula is C33H41N5O2. The molecule has 5 rings (SSSR count). The largest absolute Gasteiger partial charge is 0.490 e. The smallest absolute Gasteiger partial charge is 0.128 e. The summed E-state index contributed by atoms with van der Waals surface area (Å²) in [4.78, 5) is 13.6. The number of pyridine rings is 1. The Bertz CT molecular complexity index is 1310. The maximum absolute atomic E-state index is 10.8. The fourth-order valence-electron chi connectivity index (χ4n) is 5.47. The number of aliphatic hydroxyl groups is 1. The zero-order valence-corrected chi connectivity index (χ0v) is 24.1. The van der Waals surface area contributed by atoms with Gasteiger partial charge >= 0.3 is 0 Å². The molecule has 0 saturated carbocycles. The Labute approximate surface area is 238 Å². The first-order valence-corrected chi connectivity index (χ1v) is 14.0. The molecule has 1 aromatic heterocycles. The summed E-state index contributed by atoms with van der Waals surface area (Å²) in [6.45, 7) is 4.51. The van der Waals surface area contributed by atoms with E-state index in [2.05, 4.69) is 101 Å². The number of hydrogen-bond acceptors (Lipinski definition) is 7. The molecule has 210 valence electrons. The maximum atomic E-state index is 10.8. The highest BCUT2D eigenvalue weighted by atomic mass is 16.5. The number of rotatable bonds is 10. The number of aromatic nitrogens is 1. The second kappa shape index (κ2) is 12.7. The van der Waals surface area contributed by atoms with Crippen LogP contribution in [0.15, 0.2) is 85.1 Å². The lowest BCUT2D eigenvalue weighted by molar-refractivity contribution is 0.0404. The molecule has 1 unspecified atom stereocenters. The highest BCUT2D eigenvalue weighted by Crippen LogP contribution is 2.32. The lowest BCUT2D eigenvalue weighted by atomic mass is 9.95. The standard InChI is InChI=1S/C33H41N5O2/c1-35(2)27-14-10-25(11-15-27)33(26-12-16-28(17-13-26)36(3)4)38-21-19-37(20-22-38)23-29(39)24-40-32-9-5-8-31-30(32)7-6-18-34-31/h5-18,29,33,39H,19-24H2,1-4H3. The first-order chi connectivity index (χ1) is 19.4. The van der Waals surface area contributed by atoms with Gasteiger partial charge in [0.2, 0.25) is 0 Å². The van der Waals surface area contributed by atoms with Crippen molar-refractivity contribution in [1.29, 1.82) is 0 Å². The van der Waals surface area contributed by atoms with Crippen molar-refractivity contribution in [2.75, 3.05) is 77.3 Å². The second-order valence-corrected chi connectivity index (χ2v) is 11.0. The van der Waals surface area contributed by atoms with Crippen LogP contribution < -0.4 is 14.5 Å². The number of fused-ring (bicyclic) bond motifs is 1. The van der Waals surface area contributed by atoms with E-state index in [0.717, 1.165) is 42.8 Å². The molecule has 0 amide bonds. The van der Waals surface area contributed by atoms with E-state index in [1.165, 1.54) is 22.5 Å². The van der Waals surface area contributed by atoms with Crippen molar-refractivity contribution >= 4 is 22.3 Å². The van der Waals surface area contributed by atoms with E-state index in [1.807, 2.05) is 30.3 Å². The van der Waals surface area contributed by atoms with Gasteiger partial charge in [-0.05, 0) is 59.7 Å². The van der Waals surface area contributed by atoms with Crippen LogP contribution in [-0.4, -0.2) is 93.5 Å². The molecule has 1 atom stereocenters. The normalized spacial score (nSPS) is 15.3.